The summed E-state index contributed by atoms with van der Waals surface area (Å²) >= 11 is 0. The zero-order valence-corrected chi connectivity index (χ0v) is 15.9. The van der Waals surface area contributed by atoms with Crippen molar-refractivity contribution in [1.29, 1.82) is 0 Å². The third-order valence-corrected chi connectivity index (χ3v) is 5.03. The van der Waals surface area contributed by atoms with Crippen molar-refractivity contribution in [3.63, 3.8) is 0 Å². The van der Waals surface area contributed by atoms with Crippen LogP contribution in [0.3, 0.4) is 0 Å². The van der Waals surface area contributed by atoms with Gasteiger partial charge in [-0.25, -0.2) is 9.50 Å². The Morgan fingerprint density at radius 2 is 1.90 bits per heavy atom. The van der Waals surface area contributed by atoms with Gasteiger partial charge in [-0.3, -0.25) is 9.78 Å². The lowest BCUT2D eigenvalue weighted by atomic mass is 10.1. The summed E-state index contributed by atoms with van der Waals surface area (Å²) in [6, 6.07) is 0.121. The summed E-state index contributed by atoms with van der Waals surface area (Å²) in [5.41, 5.74) is -1.51. The predicted molar refractivity (Wildman–Crippen MR) is 96.0 cm³/mol. The monoisotopic (exact) mass is 443 g/mol. The van der Waals surface area contributed by atoms with E-state index in [4.69, 9.17) is 0 Å². The number of halogens is 6. The van der Waals surface area contributed by atoms with Gasteiger partial charge in [-0.15, -0.1) is 0 Å². The molecule has 0 bridgehead atoms. The van der Waals surface area contributed by atoms with Gasteiger partial charge < -0.3 is 5.32 Å². The van der Waals surface area contributed by atoms with Gasteiger partial charge in [0.15, 0.2) is 5.65 Å². The van der Waals surface area contributed by atoms with E-state index in [1.54, 1.807) is 0 Å². The van der Waals surface area contributed by atoms with Gasteiger partial charge in [0.1, 0.15) is 11.6 Å². The number of hydrogen-bond donors (Lipinski definition) is 1. The highest BCUT2D eigenvalue weighted by molar-refractivity contribution is 6.00. The van der Waals surface area contributed by atoms with E-state index >= 15 is 0 Å². The molecule has 3 aromatic heterocycles. The fraction of sp³-hybridized carbons (Fsp3) is 0.368. The highest BCUT2D eigenvalue weighted by atomic mass is 19.4. The van der Waals surface area contributed by atoms with E-state index in [9.17, 15) is 31.1 Å². The molecule has 31 heavy (non-hydrogen) atoms. The van der Waals surface area contributed by atoms with Crippen LogP contribution in [-0.4, -0.2) is 37.7 Å². The zero-order valence-electron chi connectivity index (χ0n) is 15.9. The molecule has 0 spiro atoms. The first-order chi connectivity index (χ1) is 14.5. The largest absolute Gasteiger partial charge is 0.417 e. The minimum atomic E-state index is -4.68. The molecular weight excluding hydrogens is 428 g/mol. The van der Waals surface area contributed by atoms with Crippen LogP contribution in [0.2, 0.25) is 0 Å². The van der Waals surface area contributed by atoms with E-state index in [2.05, 4.69) is 15.1 Å². The number of fused-ring (bicyclic) bond motifs is 1. The maximum Gasteiger partial charge on any atom is 0.417 e. The lowest BCUT2D eigenvalue weighted by Crippen LogP contribution is -2.46. The van der Waals surface area contributed by atoms with Crippen molar-refractivity contribution in [2.75, 3.05) is 0 Å². The van der Waals surface area contributed by atoms with E-state index < -0.39 is 35.8 Å². The molecule has 6 nitrogen and oxygen atoms in total. The first-order valence-corrected chi connectivity index (χ1v) is 9.21. The first-order valence-electron chi connectivity index (χ1n) is 9.21. The molecule has 0 saturated heterocycles. The van der Waals surface area contributed by atoms with Crippen LogP contribution < -0.4 is 5.32 Å². The lowest BCUT2D eigenvalue weighted by molar-refractivity contribution is -0.158. The number of rotatable bonds is 4. The van der Waals surface area contributed by atoms with Gasteiger partial charge in [0.05, 0.1) is 17.5 Å². The summed E-state index contributed by atoms with van der Waals surface area (Å²) in [5.74, 6) is -1.74. The molecule has 1 N–H and O–H groups in total. The van der Waals surface area contributed by atoms with Gasteiger partial charge in [0.25, 0.3) is 5.91 Å². The Balaban J connectivity index is 1.77. The second kappa shape index (κ2) is 7.20. The number of nitrogens with one attached hydrogen (secondary N) is 1. The van der Waals surface area contributed by atoms with E-state index in [1.165, 1.54) is 17.5 Å². The molecule has 1 fully saturated rings. The number of aromatic nitrogens is 4. The zero-order chi connectivity index (χ0) is 22.6. The molecule has 1 aliphatic carbocycles. The van der Waals surface area contributed by atoms with Crippen LogP contribution in [0.1, 0.15) is 34.5 Å². The van der Waals surface area contributed by atoms with Crippen molar-refractivity contribution in [1.82, 2.24) is 24.9 Å². The number of aryl methyl sites for hydroxylation is 1. The lowest BCUT2D eigenvalue weighted by Gasteiger charge is -2.21. The van der Waals surface area contributed by atoms with Crippen LogP contribution in [0.4, 0.5) is 26.3 Å². The molecule has 1 amide bonds. The number of alkyl halides is 6. The number of hydrogen-bond acceptors (Lipinski definition) is 4. The topological polar surface area (TPSA) is 72.2 Å². The molecule has 1 aliphatic rings. The van der Waals surface area contributed by atoms with Gasteiger partial charge in [0, 0.05) is 23.7 Å². The molecule has 12 heteroatoms. The van der Waals surface area contributed by atoms with E-state index in [0.717, 1.165) is 24.7 Å². The van der Waals surface area contributed by atoms with Gasteiger partial charge >= 0.3 is 12.4 Å². The van der Waals surface area contributed by atoms with Gasteiger partial charge in [-0.05, 0) is 37.8 Å². The molecule has 0 radical (unpaired) electrons. The Morgan fingerprint density at radius 3 is 2.52 bits per heavy atom. The summed E-state index contributed by atoms with van der Waals surface area (Å²) in [7, 11) is 0. The molecule has 4 rings (SSSR count). The van der Waals surface area contributed by atoms with Crippen LogP contribution in [0.25, 0.3) is 16.9 Å². The van der Waals surface area contributed by atoms with Crippen molar-refractivity contribution in [3.05, 3.63) is 47.5 Å². The summed E-state index contributed by atoms with van der Waals surface area (Å²) in [6.07, 6.45) is -5.57. The minimum Gasteiger partial charge on any atom is -0.340 e. The summed E-state index contributed by atoms with van der Waals surface area (Å²) in [6.45, 7) is 1.53. The minimum absolute atomic E-state index is 0.130. The Morgan fingerprint density at radius 1 is 1.19 bits per heavy atom. The summed E-state index contributed by atoms with van der Waals surface area (Å²) in [5, 5.41) is 5.93. The number of nitrogens with zero attached hydrogens (tertiary/aromatic N) is 4. The number of carbonyl (C=O) groups excluding carboxylic acids is 1. The van der Waals surface area contributed by atoms with Gasteiger partial charge in [-0.2, -0.15) is 31.4 Å². The van der Waals surface area contributed by atoms with Crippen LogP contribution in [0.15, 0.2) is 30.7 Å². The van der Waals surface area contributed by atoms with E-state index in [1.807, 2.05) is 5.32 Å². The third-order valence-electron chi connectivity index (χ3n) is 5.03. The predicted octanol–water partition coefficient (Wildman–Crippen LogP) is 4.19. The molecule has 0 aromatic carbocycles. The van der Waals surface area contributed by atoms with Crippen molar-refractivity contribution in [2.45, 2.75) is 38.2 Å². The standard InChI is InChI=1S/C19H15F6N5O/c1-9-6-14(11-7-26-5-4-13(11)18(20,21)22)28-16-12(8-27-30(9)16)17(31)29-15(10-2-3-10)19(23,24)25/h4-8,10,15H,2-3H2,1H3,(H,29,31)/t15-/m1/s1. The Bertz CT molecular complexity index is 1150. The maximum atomic E-state index is 13.4. The normalized spacial score (nSPS) is 15.8. The van der Waals surface area contributed by atoms with Crippen LogP contribution in [0, 0.1) is 12.8 Å². The number of carbonyl (C=O) groups is 1. The highest BCUT2D eigenvalue weighted by Crippen LogP contribution is 2.40. The molecular formula is C19H15F6N5O. The molecule has 3 heterocycles. The quantitative estimate of drug-likeness (QED) is 0.614. The number of pyridine rings is 1. The Labute approximate surface area is 171 Å². The second-order valence-corrected chi connectivity index (χ2v) is 7.33. The fourth-order valence-electron chi connectivity index (χ4n) is 3.37. The first kappa shape index (κ1) is 21.1. The average Bonchev–Trinajstić information content (AvgIpc) is 3.42. The summed E-state index contributed by atoms with van der Waals surface area (Å²) in [4.78, 5) is 20.4. The van der Waals surface area contributed by atoms with Crippen LogP contribution in [0.5, 0.6) is 0 Å². The van der Waals surface area contributed by atoms with Crippen molar-refractivity contribution >= 4 is 11.6 Å². The number of amides is 1. The van der Waals surface area contributed by atoms with Gasteiger partial charge in [-0.1, -0.05) is 0 Å². The van der Waals surface area contributed by atoms with Crippen molar-refractivity contribution in [3.8, 4) is 11.3 Å². The summed E-state index contributed by atoms with van der Waals surface area (Å²) < 4.78 is 81.2. The molecule has 0 unspecified atom stereocenters. The molecule has 1 atom stereocenters. The Kier molecular flexibility index (Phi) is 4.90. The van der Waals surface area contributed by atoms with Crippen LogP contribution in [-0.2, 0) is 6.18 Å². The second-order valence-electron chi connectivity index (χ2n) is 7.33. The van der Waals surface area contributed by atoms with Gasteiger partial charge in [0.2, 0.25) is 0 Å². The smallest absolute Gasteiger partial charge is 0.340 e. The van der Waals surface area contributed by atoms with E-state index in [-0.39, 0.29) is 22.5 Å². The van der Waals surface area contributed by atoms with Crippen molar-refractivity contribution < 1.29 is 31.1 Å². The molecule has 164 valence electrons. The van der Waals surface area contributed by atoms with Crippen molar-refractivity contribution in [2.24, 2.45) is 5.92 Å². The SMILES string of the molecule is Cc1cc(-c2cnccc2C(F)(F)F)nc2c(C(=O)N[C@H](C3CC3)C(F)(F)F)cnn12. The molecule has 3 aromatic rings. The molecule has 0 aliphatic heterocycles. The molecule has 1 saturated carbocycles. The highest BCUT2D eigenvalue weighted by Gasteiger charge is 2.50. The fourth-order valence-corrected chi connectivity index (χ4v) is 3.37. The maximum absolute atomic E-state index is 13.4. The van der Waals surface area contributed by atoms with Crippen LogP contribution >= 0.6 is 0 Å². The Hall–Kier alpha value is -3.18. The third kappa shape index (κ3) is 4.06. The average molecular weight is 443 g/mol. The van der Waals surface area contributed by atoms with E-state index in [0.29, 0.717) is 18.5 Å².